The van der Waals surface area contributed by atoms with Crippen molar-refractivity contribution >= 4 is 24.0 Å². The van der Waals surface area contributed by atoms with Gasteiger partial charge in [0.15, 0.2) is 0 Å². The van der Waals surface area contributed by atoms with Crippen LogP contribution in [0.4, 0.5) is 13.2 Å². The van der Waals surface area contributed by atoms with E-state index in [1.54, 1.807) is 6.92 Å². The summed E-state index contributed by atoms with van der Waals surface area (Å²) in [6.07, 6.45) is -4.00. The number of nitrogens with two attached hydrogens (primary N) is 1. The zero-order valence-corrected chi connectivity index (χ0v) is 10.1. The highest BCUT2D eigenvalue weighted by Gasteiger charge is 2.30. The molecule has 0 aromatic heterocycles. The first-order chi connectivity index (χ1) is 6.80. The van der Waals surface area contributed by atoms with Crippen molar-refractivity contribution in [2.24, 2.45) is 5.73 Å². The van der Waals surface area contributed by atoms with Gasteiger partial charge in [0.2, 0.25) is 0 Å². The predicted octanol–water partition coefficient (Wildman–Crippen LogP) is 3.67. The highest BCUT2D eigenvalue weighted by Crippen LogP contribution is 2.31. The molecule has 1 nitrogen and oxygen atoms in total. The summed E-state index contributed by atoms with van der Waals surface area (Å²) in [6.45, 7) is 1.72. The van der Waals surface area contributed by atoms with E-state index in [-0.39, 0.29) is 18.4 Å². The third-order valence-electron chi connectivity index (χ3n) is 1.91. The summed E-state index contributed by atoms with van der Waals surface area (Å²) in [5.41, 5.74) is 5.25. The molecule has 92 valence electrons. The number of benzene rings is 1. The molecule has 1 aromatic carbocycles. The van der Waals surface area contributed by atoms with Crippen LogP contribution in [-0.2, 0) is 12.6 Å². The molecule has 1 unspecified atom stereocenters. The van der Waals surface area contributed by atoms with Gasteiger partial charge in [-0.1, -0.05) is 11.6 Å². The van der Waals surface area contributed by atoms with E-state index in [1.807, 2.05) is 0 Å². The van der Waals surface area contributed by atoms with E-state index in [0.717, 1.165) is 12.1 Å². The van der Waals surface area contributed by atoms with Gasteiger partial charge >= 0.3 is 6.18 Å². The van der Waals surface area contributed by atoms with E-state index >= 15 is 0 Å². The topological polar surface area (TPSA) is 26.0 Å². The Kier molecular flexibility index (Phi) is 5.59. The Morgan fingerprint density at radius 3 is 2.38 bits per heavy atom. The van der Waals surface area contributed by atoms with Crippen molar-refractivity contribution in [2.75, 3.05) is 0 Å². The Bertz CT molecular complexity index is 350. The maximum absolute atomic E-state index is 12.4. The fourth-order valence-electron chi connectivity index (χ4n) is 1.25. The van der Waals surface area contributed by atoms with Crippen molar-refractivity contribution in [1.29, 1.82) is 0 Å². The molecule has 0 aliphatic rings. The molecule has 0 amide bonds. The molecule has 0 heterocycles. The lowest BCUT2D eigenvalue weighted by atomic mass is 10.0. The minimum absolute atomic E-state index is 0. The fraction of sp³-hybridized carbons (Fsp3) is 0.400. The van der Waals surface area contributed by atoms with Crippen LogP contribution < -0.4 is 5.73 Å². The molecule has 1 rings (SSSR count). The zero-order valence-electron chi connectivity index (χ0n) is 8.51. The zero-order chi connectivity index (χ0) is 11.6. The molecule has 0 saturated carbocycles. The average molecular weight is 274 g/mol. The van der Waals surface area contributed by atoms with E-state index < -0.39 is 11.7 Å². The standard InChI is InChI=1S/C10H11ClF3N.ClH/c1-6(15)4-7-5-8(10(12,13)14)2-3-9(7)11;/h2-3,5-6H,4,15H2,1H3;1H. The lowest BCUT2D eigenvalue weighted by Crippen LogP contribution is -2.18. The van der Waals surface area contributed by atoms with Gasteiger partial charge in [0.1, 0.15) is 0 Å². The summed E-state index contributed by atoms with van der Waals surface area (Å²) in [4.78, 5) is 0. The van der Waals surface area contributed by atoms with Crippen molar-refractivity contribution in [3.05, 3.63) is 34.3 Å². The second-order valence-electron chi connectivity index (χ2n) is 3.49. The summed E-state index contributed by atoms with van der Waals surface area (Å²) >= 11 is 5.77. The number of hydrogen-bond donors (Lipinski definition) is 1. The van der Waals surface area contributed by atoms with E-state index in [9.17, 15) is 13.2 Å². The molecule has 16 heavy (non-hydrogen) atoms. The fourth-order valence-corrected chi connectivity index (χ4v) is 1.45. The first-order valence-corrected chi connectivity index (χ1v) is 4.79. The van der Waals surface area contributed by atoms with Crippen LogP contribution in [0, 0.1) is 0 Å². The number of halogens is 5. The quantitative estimate of drug-likeness (QED) is 0.874. The second-order valence-corrected chi connectivity index (χ2v) is 3.89. The molecule has 2 N–H and O–H groups in total. The molecule has 0 spiro atoms. The maximum Gasteiger partial charge on any atom is 0.416 e. The van der Waals surface area contributed by atoms with Gasteiger partial charge in [-0.15, -0.1) is 12.4 Å². The molecule has 0 radical (unpaired) electrons. The molecular formula is C10H12Cl2F3N. The smallest absolute Gasteiger partial charge is 0.328 e. The summed E-state index contributed by atoms with van der Waals surface area (Å²) < 4.78 is 37.1. The van der Waals surface area contributed by atoms with E-state index in [0.29, 0.717) is 17.0 Å². The average Bonchev–Trinajstić information content (AvgIpc) is 2.06. The predicted molar refractivity (Wildman–Crippen MR) is 61.1 cm³/mol. The largest absolute Gasteiger partial charge is 0.416 e. The van der Waals surface area contributed by atoms with Crippen molar-refractivity contribution in [3.63, 3.8) is 0 Å². The molecule has 0 saturated heterocycles. The molecule has 0 aliphatic heterocycles. The van der Waals surface area contributed by atoms with Crippen LogP contribution in [0.5, 0.6) is 0 Å². The monoisotopic (exact) mass is 273 g/mol. The van der Waals surface area contributed by atoms with Gasteiger partial charge in [0.25, 0.3) is 0 Å². The minimum Gasteiger partial charge on any atom is -0.328 e. The Morgan fingerprint density at radius 2 is 1.94 bits per heavy atom. The highest BCUT2D eigenvalue weighted by atomic mass is 35.5. The molecule has 0 bridgehead atoms. The van der Waals surface area contributed by atoms with Crippen LogP contribution in [0.25, 0.3) is 0 Å². The summed E-state index contributed by atoms with van der Waals surface area (Å²) in [7, 11) is 0. The Labute approximate surface area is 103 Å². The van der Waals surface area contributed by atoms with Crippen LogP contribution in [-0.4, -0.2) is 6.04 Å². The van der Waals surface area contributed by atoms with Crippen LogP contribution in [0.1, 0.15) is 18.1 Å². The summed E-state index contributed by atoms with van der Waals surface area (Å²) in [6, 6.07) is 3.05. The van der Waals surface area contributed by atoms with Crippen LogP contribution in [0.3, 0.4) is 0 Å². The Hall–Kier alpha value is -0.450. The number of hydrogen-bond acceptors (Lipinski definition) is 1. The van der Waals surface area contributed by atoms with Crippen molar-refractivity contribution in [3.8, 4) is 0 Å². The molecule has 1 atom stereocenters. The van der Waals surface area contributed by atoms with Gasteiger partial charge in [0.05, 0.1) is 5.56 Å². The molecule has 0 fully saturated rings. The highest BCUT2D eigenvalue weighted by molar-refractivity contribution is 6.31. The Morgan fingerprint density at radius 1 is 1.38 bits per heavy atom. The summed E-state index contributed by atoms with van der Waals surface area (Å²) in [5, 5.41) is 0.320. The van der Waals surface area contributed by atoms with E-state index in [4.69, 9.17) is 17.3 Å². The molecular weight excluding hydrogens is 262 g/mol. The van der Waals surface area contributed by atoms with Crippen LogP contribution >= 0.6 is 24.0 Å². The van der Waals surface area contributed by atoms with Gasteiger partial charge in [-0.05, 0) is 37.1 Å². The normalized spacial score (nSPS) is 13.1. The molecule has 1 aromatic rings. The first kappa shape index (κ1) is 15.5. The molecule has 6 heteroatoms. The van der Waals surface area contributed by atoms with E-state index in [2.05, 4.69) is 0 Å². The maximum atomic E-state index is 12.4. The van der Waals surface area contributed by atoms with Gasteiger partial charge < -0.3 is 5.73 Å². The number of rotatable bonds is 2. The minimum atomic E-state index is -4.34. The Balaban J connectivity index is 0.00000225. The van der Waals surface area contributed by atoms with Crippen LogP contribution in [0.15, 0.2) is 18.2 Å². The van der Waals surface area contributed by atoms with Gasteiger partial charge in [-0.3, -0.25) is 0 Å². The van der Waals surface area contributed by atoms with Crippen molar-refractivity contribution < 1.29 is 13.2 Å². The number of alkyl halides is 3. The third kappa shape index (κ3) is 4.20. The second kappa shape index (κ2) is 5.75. The summed E-state index contributed by atoms with van der Waals surface area (Å²) in [5.74, 6) is 0. The van der Waals surface area contributed by atoms with Gasteiger partial charge in [-0.2, -0.15) is 13.2 Å². The third-order valence-corrected chi connectivity index (χ3v) is 2.28. The van der Waals surface area contributed by atoms with E-state index in [1.165, 1.54) is 6.07 Å². The first-order valence-electron chi connectivity index (χ1n) is 4.42. The van der Waals surface area contributed by atoms with Crippen molar-refractivity contribution in [2.45, 2.75) is 25.6 Å². The molecule has 0 aliphatic carbocycles. The van der Waals surface area contributed by atoms with Crippen LogP contribution in [0.2, 0.25) is 5.02 Å². The van der Waals surface area contributed by atoms with Crippen molar-refractivity contribution in [1.82, 2.24) is 0 Å². The van der Waals surface area contributed by atoms with Gasteiger partial charge in [0, 0.05) is 11.1 Å². The van der Waals surface area contributed by atoms with Gasteiger partial charge in [-0.25, -0.2) is 0 Å². The lowest BCUT2D eigenvalue weighted by Gasteiger charge is -2.11. The lowest BCUT2D eigenvalue weighted by molar-refractivity contribution is -0.137. The SMILES string of the molecule is CC(N)Cc1cc(C(F)(F)F)ccc1Cl.Cl.